The molecule has 1 aromatic carbocycles. The Kier molecular flexibility index (Phi) is 3.38. The molecule has 2 nitrogen and oxygen atoms in total. The van der Waals surface area contributed by atoms with Gasteiger partial charge < -0.3 is 4.84 Å². The summed E-state index contributed by atoms with van der Waals surface area (Å²) in [6.45, 7) is 2.63. The van der Waals surface area contributed by atoms with Crippen molar-refractivity contribution in [3.63, 3.8) is 0 Å². The van der Waals surface area contributed by atoms with Crippen molar-refractivity contribution in [2.75, 3.05) is 0 Å². The van der Waals surface area contributed by atoms with Crippen LogP contribution >= 0.6 is 0 Å². The van der Waals surface area contributed by atoms with Gasteiger partial charge in [0.1, 0.15) is 12.8 Å². The highest BCUT2D eigenvalue weighted by Crippen LogP contribution is 2.24. The fraction of sp³-hybridized carbons (Fsp3) is 0.462. The Morgan fingerprint density at radius 1 is 1.40 bits per heavy atom. The Morgan fingerprint density at radius 2 is 2.20 bits per heavy atom. The minimum atomic E-state index is 0.543. The van der Waals surface area contributed by atoms with Crippen LogP contribution in [0, 0.1) is 12.8 Å². The average Bonchev–Trinajstić information content (AvgIpc) is 2.17. The van der Waals surface area contributed by atoms with Gasteiger partial charge in [-0.3, -0.25) is 0 Å². The van der Waals surface area contributed by atoms with Gasteiger partial charge in [-0.25, -0.2) is 0 Å². The molecule has 1 fully saturated rings. The second-order valence-corrected chi connectivity index (χ2v) is 4.05. The molecular formula is C13H16NO. The molecule has 0 atom stereocenters. The van der Waals surface area contributed by atoms with Gasteiger partial charge in [0.25, 0.3) is 0 Å². The first-order valence-corrected chi connectivity index (χ1v) is 5.48. The molecule has 0 unspecified atom stereocenters. The highest BCUT2D eigenvalue weighted by molar-refractivity contribution is 5.60. The zero-order valence-corrected chi connectivity index (χ0v) is 9.07. The summed E-state index contributed by atoms with van der Waals surface area (Å²) in [6, 6.07) is 8.19. The van der Waals surface area contributed by atoms with Crippen LogP contribution in [0.25, 0.3) is 0 Å². The Bertz CT molecular complexity index is 342. The summed E-state index contributed by atoms with van der Waals surface area (Å²) in [5.74, 6) is 0.543. The zero-order chi connectivity index (χ0) is 10.5. The van der Waals surface area contributed by atoms with Crippen LogP contribution < -0.4 is 0 Å². The largest absolute Gasteiger partial charge is 0.391 e. The molecule has 0 spiro atoms. The molecule has 0 heterocycles. The van der Waals surface area contributed by atoms with E-state index in [0.29, 0.717) is 12.5 Å². The third-order valence-electron chi connectivity index (χ3n) is 2.89. The summed E-state index contributed by atoms with van der Waals surface area (Å²) < 4.78 is 0. The third-order valence-corrected chi connectivity index (χ3v) is 2.89. The van der Waals surface area contributed by atoms with E-state index in [2.05, 4.69) is 30.4 Å². The van der Waals surface area contributed by atoms with Crippen LogP contribution in [-0.4, -0.2) is 6.21 Å². The Hall–Kier alpha value is -1.31. The first kappa shape index (κ1) is 10.2. The maximum atomic E-state index is 5.22. The van der Waals surface area contributed by atoms with E-state index in [0.717, 1.165) is 0 Å². The van der Waals surface area contributed by atoms with Crippen LogP contribution in [-0.2, 0) is 11.4 Å². The molecule has 0 bridgehead atoms. The molecular weight excluding hydrogens is 186 g/mol. The predicted octanol–water partition coefficient (Wildman–Crippen LogP) is 3.17. The second-order valence-electron chi connectivity index (χ2n) is 4.05. The fourth-order valence-corrected chi connectivity index (χ4v) is 1.52. The quantitative estimate of drug-likeness (QED) is 0.543. The van der Waals surface area contributed by atoms with Gasteiger partial charge in [0.15, 0.2) is 0 Å². The second kappa shape index (κ2) is 4.96. The number of rotatable bonds is 4. The number of benzene rings is 1. The van der Waals surface area contributed by atoms with Gasteiger partial charge in [0.05, 0.1) is 0 Å². The first-order valence-electron chi connectivity index (χ1n) is 5.48. The van der Waals surface area contributed by atoms with Crippen LogP contribution in [0.1, 0.15) is 30.4 Å². The lowest BCUT2D eigenvalue weighted by atomic mass is 9.87. The molecule has 79 valence electrons. The van der Waals surface area contributed by atoms with Gasteiger partial charge in [-0.1, -0.05) is 35.8 Å². The van der Waals surface area contributed by atoms with Gasteiger partial charge in [-0.2, -0.15) is 0 Å². The summed E-state index contributed by atoms with van der Waals surface area (Å²) in [4.78, 5) is 5.22. The van der Waals surface area contributed by atoms with Crippen molar-refractivity contribution < 1.29 is 4.84 Å². The van der Waals surface area contributed by atoms with Crippen molar-refractivity contribution in [3.05, 3.63) is 35.4 Å². The van der Waals surface area contributed by atoms with Gasteiger partial charge in [-0.15, -0.1) is 0 Å². The molecule has 0 amide bonds. The monoisotopic (exact) mass is 202 g/mol. The maximum Gasteiger partial charge on any atom is 0.142 e. The lowest BCUT2D eigenvalue weighted by Gasteiger charge is -2.18. The van der Waals surface area contributed by atoms with E-state index in [-0.39, 0.29) is 0 Å². The molecule has 1 radical (unpaired) electrons. The van der Waals surface area contributed by atoms with Crippen molar-refractivity contribution in [1.82, 2.24) is 0 Å². The lowest BCUT2D eigenvalue weighted by Crippen LogP contribution is -2.11. The molecule has 1 saturated carbocycles. The van der Waals surface area contributed by atoms with E-state index in [1.165, 1.54) is 30.4 Å². The van der Waals surface area contributed by atoms with Gasteiger partial charge in [0.2, 0.25) is 0 Å². The summed E-state index contributed by atoms with van der Waals surface area (Å²) in [5.41, 5.74) is 2.44. The molecule has 1 aliphatic rings. The molecule has 0 aromatic heterocycles. The van der Waals surface area contributed by atoms with Gasteiger partial charge in [-0.05, 0) is 30.9 Å². The zero-order valence-electron chi connectivity index (χ0n) is 9.07. The normalized spacial score (nSPS) is 16.6. The standard InChI is InChI=1S/C13H16NO/c1-11-5-2-3-8-13(11)10-15-14-9-12-6-4-7-12/h2-3,5,8,12H,4,6-7,10H2,1H3. The first-order chi connectivity index (χ1) is 7.36. The van der Waals surface area contributed by atoms with Crippen molar-refractivity contribution in [1.29, 1.82) is 0 Å². The molecule has 0 aliphatic heterocycles. The van der Waals surface area contributed by atoms with Crippen molar-refractivity contribution in [2.45, 2.75) is 32.8 Å². The summed E-state index contributed by atoms with van der Waals surface area (Å²) in [6.07, 6.45) is 6.76. The van der Waals surface area contributed by atoms with Crippen molar-refractivity contribution in [2.24, 2.45) is 11.1 Å². The molecule has 15 heavy (non-hydrogen) atoms. The summed E-state index contributed by atoms with van der Waals surface area (Å²) >= 11 is 0. The predicted molar refractivity (Wildman–Crippen MR) is 60.7 cm³/mol. The smallest absolute Gasteiger partial charge is 0.142 e. The van der Waals surface area contributed by atoms with E-state index in [4.69, 9.17) is 4.84 Å². The van der Waals surface area contributed by atoms with Gasteiger partial charge >= 0.3 is 0 Å². The average molecular weight is 202 g/mol. The van der Waals surface area contributed by atoms with Crippen LogP contribution in [0.4, 0.5) is 0 Å². The number of hydrogen-bond donors (Lipinski definition) is 0. The van der Waals surface area contributed by atoms with Crippen molar-refractivity contribution in [3.8, 4) is 0 Å². The minimum absolute atomic E-state index is 0.543. The Labute approximate surface area is 90.9 Å². The molecule has 2 rings (SSSR count). The number of hydrogen-bond acceptors (Lipinski definition) is 2. The molecule has 1 aliphatic carbocycles. The summed E-state index contributed by atoms with van der Waals surface area (Å²) in [5, 5.41) is 3.88. The minimum Gasteiger partial charge on any atom is -0.391 e. The Morgan fingerprint density at radius 3 is 2.87 bits per heavy atom. The van der Waals surface area contributed by atoms with E-state index >= 15 is 0 Å². The number of nitrogens with zero attached hydrogens (tertiary/aromatic N) is 1. The Balaban J connectivity index is 1.77. The van der Waals surface area contributed by atoms with Crippen LogP contribution in [0.2, 0.25) is 0 Å². The topological polar surface area (TPSA) is 21.6 Å². The molecule has 0 N–H and O–H groups in total. The van der Waals surface area contributed by atoms with Crippen molar-refractivity contribution >= 4 is 6.21 Å². The van der Waals surface area contributed by atoms with Gasteiger partial charge in [0, 0.05) is 5.92 Å². The fourth-order valence-electron chi connectivity index (χ4n) is 1.52. The van der Waals surface area contributed by atoms with Crippen LogP contribution in [0.3, 0.4) is 0 Å². The SMILES string of the molecule is Cc1ccccc1CO/N=[C]\C1CCC1. The molecule has 2 heteroatoms. The number of aryl methyl sites for hydroxylation is 1. The van der Waals surface area contributed by atoms with E-state index < -0.39 is 0 Å². The van der Waals surface area contributed by atoms with Crippen LogP contribution in [0.5, 0.6) is 0 Å². The molecule has 1 aromatic rings. The summed E-state index contributed by atoms with van der Waals surface area (Å²) in [7, 11) is 0. The third kappa shape index (κ3) is 2.82. The van der Waals surface area contributed by atoms with Crippen LogP contribution in [0.15, 0.2) is 29.4 Å². The van der Waals surface area contributed by atoms with E-state index in [1.807, 2.05) is 12.1 Å². The van der Waals surface area contributed by atoms with E-state index in [9.17, 15) is 0 Å². The van der Waals surface area contributed by atoms with E-state index in [1.54, 1.807) is 0 Å². The molecule has 0 saturated heterocycles. The maximum absolute atomic E-state index is 5.22. The highest BCUT2D eigenvalue weighted by Gasteiger charge is 2.15. The highest BCUT2D eigenvalue weighted by atomic mass is 16.6. The lowest BCUT2D eigenvalue weighted by molar-refractivity contribution is 0.129.